The summed E-state index contributed by atoms with van der Waals surface area (Å²) in [6.45, 7) is 8.16. The summed E-state index contributed by atoms with van der Waals surface area (Å²) in [7, 11) is 0. The number of likely N-dealkylation sites (tertiary alicyclic amines) is 1. The molecule has 3 aliphatic rings. The molecule has 7 nitrogen and oxygen atoms in total. The van der Waals surface area contributed by atoms with Gasteiger partial charge in [-0.05, 0) is 26.2 Å². The normalized spacial score (nSPS) is 31.7. The monoisotopic (exact) mass is 392 g/mol. The molecular formula is C19H28N4O3S. The van der Waals surface area contributed by atoms with Gasteiger partial charge in [0.1, 0.15) is 0 Å². The van der Waals surface area contributed by atoms with Crippen LogP contribution in [0.5, 0.6) is 0 Å². The number of piperidine rings is 1. The minimum Gasteiger partial charge on any atom is -0.377 e. The van der Waals surface area contributed by atoms with E-state index in [0.717, 1.165) is 31.6 Å². The van der Waals surface area contributed by atoms with Crippen LogP contribution in [0, 0.1) is 24.2 Å². The van der Waals surface area contributed by atoms with Crippen LogP contribution in [0.1, 0.15) is 38.8 Å². The average Bonchev–Trinajstić information content (AvgIpc) is 3.27. The number of thiazole rings is 1. The lowest BCUT2D eigenvalue weighted by Gasteiger charge is -2.55. The second-order valence-corrected chi connectivity index (χ2v) is 9.42. The highest BCUT2D eigenvalue weighted by atomic mass is 32.1. The Labute approximate surface area is 163 Å². The lowest BCUT2D eigenvalue weighted by Crippen LogP contribution is -2.68. The molecular weight excluding hydrogens is 364 g/mol. The van der Waals surface area contributed by atoms with Gasteiger partial charge in [0.05, 0.1) is 17.7 Å². The molecule has 4 rings (SSSR count). The first-order valence-corrected chi connectivity index (χ1v) is 10.6. The number of anilines is 1. The van der Waals surface area contributed by atoms with Crippen molar-refractivity contribution < 1.29 is 14.3 Å². The third kappa shape index (κ3) is 3.45. The van der Waals surface area contributed by atoms with Crippen molar-refractivity contribution in [1.82, 2.24) is 15.2 Å². The van der Waals surface area contributed by atoms with Gasteiger partial charge in [0.2, 0.25) is 5.91 Å². The van der Waals surface area contributed by atoms with Crippen molar-refractivity contribution in [2.45, 2.75) is 52.2 Å². The summed E-state index contributed by atoms with van der Waals surface area (Å²) in [6.07, 6.45) is 2.90. The lowest BCUT2D eigenvalue weighted by atomic mass is 9.57. The van der Waals surface area contributed by atoms with E-state index < -0.39 is 0 Å². The summed E-state index contributed by atoms with van der Waals surface area (Å²) in [6, 6.07) is 0.0889. The Bertz CT molecular complexity index is 734. The number of nitrogens with zero attached hydrogens (tertiary/aromatic N) is 2. The Morgan fingerprint density at radius 1 is 1.37 bits per heavy atom. The molecule has 2 N–H and O–H groups in total. The highest BCUT2D eigenvalue weighted by Crippen LogP contribution is 2.52. The van der Waals surface area contributed by atoms with Crippen LogP contribution >= 0.6 is 11.3 Å². The van der Waals surface area contributed by atoms with Gasteiger partial charge in [-0.25, -0.2) is 9.78 Å². The van der Waals surface area contributed by atoms with E-state index in [-0.39, 0.29) is 35.4 Å². The molecule has 1 aliphatic carbocycles. The van der Waals surface area contributed by atoms with Crippen LogP contribution < -0.4 is 10.6 Å². The van der Waals surface area contributed by atoms with Crippen molar-refractivity contribution in [2.24, 2.45) is 17.3 Å². The molecule has 3 heterocycles. The summed E-state index contributed by atoms with van der Waals surface area (Å²) in [4.78, 5) is 31.5. The highest BCUT2D eigenvalue weighted by molar-refractivity contribution is 7.13. The molecule has 0 spiro atoms. The molecule has 0 aromatic carbocycles. The number of aryl methyl sites for hydroxylation is 1. The van der Waals surface area contributed by atoms with Crippen LogP contribution in [-0.2, 0) is 9.53 Å². The maximum absolute atomic E-state index is 12.8. The lowest BCUT2D eigenvalue weighted by molar-refractivity contribution is -0.121. The molecule has 4 atom stereocenters. The highest BCUT2D eigenvalue weighted by Gasteiger charge is 2.60. The molecule has 0 unspecified atom stereocenters. The maximum atomic E-state index is 12.8. The second-order valence-electron chi connectivity index (χ2n) is 8.56. The summed E-state index contributed by atoms with van der Waals surface area (Å²) in [5.74, 6) is 0.182. The van der Waals surface area contributed by atoms with Crippen LogP contribution in [0.25, 0.3) is 0 Å². The smallest absolute Gasteiger partial charge is 0.317 e. The van der Waals surface area contributed by atoms with Gasteiger partial charge in [-0.2, -0.15) is 0 Å². The molecule has 1 aromatic rings. The van der Waals surface area contributed by atoms with Crippen molar-refractivity contribution >= 4 is 28.4 Å². The number of fused-ring (bicyclic) bond motifs is 1. The number of hydrogen-bond donors (Lipinski definition) is 2. The molecule has 2 saturated heterocycles. The summed E-state index contributed by atoms with van der Waals surface area (Å²) in [5.41, 5.74) is 0.865. The number of aromatic nitrogens is 1. The molecule has 2 aliphatic heterocycles. The fraction of sp³-hybridized carbons (Fsp3) is 0.737. The molecule has 27 heavy (non-hydrogen) atoms. The van der Waals surface area contributed by atoms with E-state index in [1.54, 1.807) is 4.90 Å². The Morgan fingerprint density at radius 2 is 2.19 bits per heavy atom. The molecule has 0 bridgehead atoms. The van der Waals surface area contributed by atoms with Gasteiger partial charge < -0.3 is 20.3 Å². The molecule has 8 heteroatoms. The fourth-order valence-electron chi connectivity index (χ4n) is 4.84. The zero-order valence-electron chi connectivity index (χ0n) is 16.2. The molecule has 3 fully saturated rings. The number of ether oxygens (including phenoxy) is 1. The van der Waals surface area contributed by atoms with E-state index in [1.165, 1.54) is 11.3 Å². The van der Waals surface area contributed by atoms with Gasteiger partial charge in [0, 0.05) is 42.5 Å². The van der Waals surface area contributed by atoms with Crippen LogP contribution in [-0.4, -0.2) is 53.7 Å². The first kappa shape index (κ1) is 18.7. The van der Waals surface area contributed by atoms with Crippen LogP contribution in [0.15, 0.2) is 5.38 Å². The predicted octanol–water partition coefficient (Wildman–Crippen LogP) is 2.63. The predicted molar refractivity (Wildman–Crippen MR) is 104 cm³/mol. The topological polar surface area (TPSA) is 83.6 Å². The Kier molecular flexibility index (Phi) is 4.88. The van der Waals surface area contributed by atoms with Crippen molar-refractivity contribution in [3.05, 3.63) is 11.1 Å². The first-order valence-electron chi connectivity index (χ1n) is 9.76. The van der Waals surface area contributed by atoms with E-state index in [1.807, 2.05) is 12.3 Å². The van der Waals surface area contributed by atoms with Gasteiger partial charge in [-0.15, -0.1) is 11.3 Å². The van der Waals surface area contributed by atoms with Crippen molar-refractivity contribution in [1.29, 1.82) is 0 Å². The van der Waals surface area contributed by atoms with Gasteiger partial charge in [-0.1, -0.05) is 13.8 Å². The average molecular weight is 393 g/mol. The number of hydrogen-bond acceptors (Lipinski definition) is 5. The number of carbonyl (C=O) groups is 2. The van der Waals surface area contributed by atoms with Crippen LogP contribution in [0.3, 0.4) is 0 Å². The number of nitrogens with one attached hydrogen (secondary N) is 2. The van der Waals surface area contributed by atoms with Crippen LogP contribution in [0.2, 0.25) is 0 Å². The zero-order chi connectivity index (χ0) is 19.2. The van der Waals surface area contributed by atoms with Gasteiger partial charge in [0.15, 0.2) is 5.13 Å². The minimum absolute atomic E-state index is 0.0356. The summed E-state index contributed by atoms with van der Waals surface area (Å²) < 4.78 is 5.81. The Hall–Kier alpha value is -1.67. The van der Waals surface area contributed by atoms with E-state index in [9.17, 15) is 9.59 Å². The van der Waals surface area contributed by atoms with Crippen molar-refractivity contribution in [2.75, 3.05) is 25.0 Å². The van der Waals surface area contributed by atoms with Gasteiger partial charge in [0.25, 0.3) is 0 Å². The van der Waals surface area contributed by atoms with E-state index in [0.29, 0.717) is 24.1 Å². The fourth-order valence-corrected chi connectivity index (χ4v) is 5.53. The Morgan fingerprint density at radius 3 is 2.93 bits per heavy atom. The number of amides is 3. The maximum Gasteiger partial charge on any atom is 0.317 e. The zero-order valence-corrected chi connectivity index (χ0v) is 17.0. The molecule has 148 valence electrons. The van der Waals surface area contributed by atoms with E-state index in [2.05, 4.69) is 29.5 Å². The first-order chi connectivity index (χ1) is 12.9. The largest absolute Gasteiger partial charge is 0.377 e. The van der Waals surface area contributed by atoms with Crippen LogP contribution in [0.4, 0.5) is 9.93 Å². The van der Waals surface area contributed by atoms with Gasteiger partial charge >= 0.3 is 6.03 Å². The third-order valence-corrected chi connectivity index (χ3v) is 7.18. The summed E-state index contributed by atoms with van der Waals surface area (Å²) in [5, 5.41) is 8.66. The van der Waals surface area contributed by atoms with Crippen molar-refractivity contribution in [3.8, 4) is 0 Å². The van der Waals surface area contributed by atoms with Crippen molar-refractivity contribution in [3.63, 3.8) is 0 Å². The third-order valence-electron chi connectivity index (χ3n) is 6.31. The molecule has 1 aromatic heterocycles. The Balaban J connectivity index is 1.33. The number of urea groups is 1. The van der Waals surface area contributed by atoms with E-state index in [4.69, 9.17) is 4.74 Å². The second kappa shape index (κ2) is 7.05. The number of rotatable bonds is 3. The quantitative estimate of drug-likeness (QED) is 0.828. The number of carbonyl (C=O) groups excluding carboxylic acids is 2. The molecule has 1 saturated carbocycles. The van der Waals surface area contributed by atoms with E-state index >= 15 is 0 Å². The summed E-state index contributed by atoms with van der Waals surface area (Å²) >= 11 is 1.43. The SMILES string of the molecule is Cc1csc(NC(=O)[C@@H]2CCCN(C(=O)N[C@@H]3[C@H]4CCO[C@@H]4C3(C)C)C2)n1. The molecule has 0 radical (unpaired) electrons. The minimum atomic E-state index is -0.189. The molecule has 3 amide bonds. The van der Waals surface area contributed by atoms with Gasteiger partial charge in [-0.3, -0.25) is 4.79 Å². The standard InChI is InChI=1S/C19H28N4O3S/c1-11-10-27-17(20-11)22-16(24)12-5-4-7-23(9-12)18(25)21-14-13-6-8-26-15(13)19(14,2)3/h10,12-15H,4-9H2,1-3H3,(H,21,25)(H,20,22,24)/t12-,13-,14-,15+/m1/s1.